The standard InChI is InChI=1S/C17H15ClN4O2S/c1-2-24-14-8-4-6-12(15(14)23)10-19-22-16(20-21-17(22)25)11-5-3-7-13(18)9-11/h3-10,23H,2H2,1H3,(H,21,25)/b19-10+. The largest absolute Gasteiger partial charge is 0.504 e. The maximum atomic E-state index is 10.2. The molecule has 2 aromatic carbocycles. The molecule has 0 amide bonds. The second-order valence-corrected chi connectivity index (χ2v) is 5.87. The summed E-state index contributed by atoms with van der Waals surface area (Å²) in [6.45, 7) is 2.31. The van der Waals surface area contributed by atoms with E-state index in [-0.39, 0.29) is 5.75 Å². The van der Waals surface area contributed by atoms with Crippen molar-refractivity contribution in [3.8, 4) is 22.9 Å². The van der Waals surface area contributed by atoms with Crippen molar-refractivity contribution in [1.29, 1.82) is 0 Å². The zero-order valence-electron chi connectivity index (χ0n) is 13.3. The number of benzene rings is 2. The van der Waals surface area contributed by atoms with E-state index in [2.05, 4.69) is 15.3 Å². The molecular weight excluding hydrogens is 360 g/mol. The van der Waals surface area contributed by atoms with E-state index in [1.165, 1.54) is 10.9 Å². The molecule has 1 heterocycles. The second kappa shape index (κ2) is 7.50. The fraction of sp³-hybridized carbons (Fsp3) is 0.118. The summed E-state index contributed by atoms with van der Waals surface area (Å²) < 4.78 is 7.16. The van der Waals surface area contributed by atoms with Gasteiger partial charge in [0.1, 0.15) is 0 Å². The Labute approximate surface area is 154 Å². The molecule has 0 bridgehead atoms. The number of hydrogen-bond acceptors (Lipinski definition) is 5. The summed E-state index contributed by atoms with van der Waals surface area (Å²) in [7, 11) is 0. The van der Waals surface area contributed by atoms with Crippen molar-refractivity contribution >= 4 is 30.0 Å². The lowest BCUT2D eigenvalue weighted by Gasteiger charge is -2.07. The van der Waals surface area contributed by atoms with Crippen LogP contribution in [0.4, 0.5) is 0 Å². The third-order valence-corrected chi connectivity index (χ3v) is 3.87. The molecule has 0 spiro atoms. The van der Waals surface area contributed by atoms with Crippen molar-refractivity contribution in [2.24, 2.45) is 5.10 Å². The first-order valence-electron chi connectivity index (χ1n) is 7.52. The van der Waals surface area contributed by atoms with Crippen LogP contribution in [0.15, 0.2) is 47.6 Å². The minimum atomic E-state index is 0.0208. The molecule has 0 aliphatic carbocycles. The summed E-state index contributed by atoms with van der Waals surface area (Å²) >= 11 is 11.3. The summed E-state index contributed by atoms with van der Waals surface area (Å²) in [5.74, 6) is 0.939. The fourth-order valence-electron chi connectivity index (χ4n) is 2.25. The van der Waals surface area contributed by atoms with Crippen LogP contribution in [0.2, 0.25) is 5.02 Å². The lowest BCUT2D eigenvalue weighted by Crippen LogP contribution is -1.97. The van der Waals surface area contributed by atoms with Crippen LogP contribution in [0.25, 0.3) is 11.4 Å². The van der Waals surface area contributed by atoms with Gasteiger partial charge in [-0.05, 0) is 43.4 Å². The fourth-order valence-corrected chi connectivity index (χ4v) is 2.62. The normalized spacial score (nSPS) is 11.1. The van der Waals surface area contributed by atoms with Gasteiger partial charge in [-0.3, -0.25) is 0 Å². The van der Waals surface area contributed by atoms with Gasteiger partial charge in [0, 0.05) is 16.1 Å². The molecule has 2 N–H and O–H groups in total. The Morgan fingerprint density at radius 2 is 2.16 bits per heavy atom. The third kappa shape index (κ3) is 3.72. The lowest BCUT2D eigenvalue weighted by atomic mass is 10.2. The Morgan fingerprint density at radius 3 is 2.92 bits per heavy atom. The molecule has 0 radical (unpaired) electrons. The van der Waals surface area contributed by atoms with Crippen LogP contribution in [-0.4, -0.2) is 32.8 Å². The first kappa shape index (κ1) is 17.2. The topological polar surface area (TPSA) is 75.4 Å². The SMILES string of the molecule is CCOc1cccc(/C=N/n2c(-c3cccc(Cl)c3)n[nH]c2=S)c1O. The number of hydrogen-bond donors (Lipinski definition) is 2. The Kier molecular flexibility index (Phi) is 5.16. The van der Waals surface area contributed by atoms with E-state index in [9.17, 15) is 5.11 Å². The first-order chi connectivity index (χ1) is 12.1. The van der Waals surface area contributed by atoms with Gasteiger partial charge in [-0.1, -0.05) is 29.8 Å². The molecule has 3 rings (SSSR count). The highest BCUT2D eigenvalue weighted by molar-refractivity contribution is 7.71. The summed E-state index contributed by atoms with van der Waals surface area (Å²) in [5.41, 5.74) is 1.27. The van der Waals surface area contributed by atoms with E-state index >= 15 is 0 Å². The van der Waals surface area contributed by atoms with Crippen molar-refractivity contribution in [2.75, 3.05) is 6.61 Å². The Morgan fingerprint density at radius 1 is 1.36 bits per heavy atom. The van der Waals surface area contributed by atoms with Gasteiger partial charge in [0.15, 0.2) is 17.3 Å². The quantitative estimate of drug-likeness (QED) is 0.517. The highest BCUT2D eigenvalue weighted by Gasteiger charge is 2.10. The predicted octanol–water partition coefficient (Wildman–Crippen LogP) is 4.25. The summed E-state index contributed by atoms with van der Waals surface area (Å²) in [6.07, 6.45) is 1.50. The van der Waals surface area contributed by atoms with Gasteiger partial charge >= 0.3 is 0 Å². The van der Waals surface area contributed by atoms with Gasteiger partial charge in [0.2, 0.25) is 4.77 Å². The van der Waals surface area contributed by atoms with E-state index in [1.807, 2.05) is 19.1 Å². The highest BCUT2D eigenvalue weighted by atomic mass is 35.5. The maximum Gasteiger partial charge on any atom is 0.216 e. The van der Waals surface area contributed by atoms with Crippen molar-refractivity contribution in [3.63, 3.8) is 0 Å². The molecule has 25 heavy (non-hydrogen) atoms. The third-order valence-electron chi connectivity index (χ3n) is 3.38. The van der Waals surface area contributed by atoms with E-state index in [1.54, 1.807) is 30.3 Å². The van der Waals surface area contributed by atoms with Gasteiger partial charge in [-0.25, -0.2) is 5.10 Å². The zero-order valence-corrected chi connectivity index (χ0v) is 14.9. The zero-order chi connectivity index (χ0) is 17.8. The number of H-pyrrole nitrogens is 1. The number of para-hydroxylation sites is 1. The molecule has 0 aliphatic heterocycles. The lowest BCUT2D eigenvalue weighted by molar-refractivity contribution is 0.318. The molecule has 0 atom stereocenters. The number of nitrogens with zero attached hydrogens (tertiary/aromatic N) is 3. The molecule has 0 saturated carbocycles. The van der Waals surface area contributed by atoms with Gasteiger partial charge in [0.05, 0.1) is 12.8 Å². The number of aromatic hydroxyl groups is 1. The van der Waals surface area contributed by atoms with Crippen LogP contribution in [-0.2, 0) is 0 Å². The minimum Gasteiger partial charge on any atom is -0.504 e. The number of phenols is 1. The van der Waals surface area contributed by atoms with E-state index in [0.717, 1.165) is 5.56 Å². The number of aromatic amines is 1. The predicted molar refractivity (Wildman–Crippen MR) is 100 cm³/mol. The van der Waals surface area contributed by atoms with E-state index < -0.39 is 0 Å². The summed E-state index contributed by atoms with van der Waals surface area (Å²) in [6, 6.07) is 12.4. The number of nitrogens with one attached hydrogen (secondary N) is 1. The van der Waals surface area contributed by atoms with Crippen LogP contribution >= 0.6 is 23.8 Å². The van der Waals surface area contributed by atoms with Crippen LogP contribution in [0.5, 0.6) is 11.5 Å². The number of phenolic OH excluding ortho intramolecular Hbond substituents is 1. The van der Waals surface area contributed by atoms with Crippen molar-refractivity contribution < 1.29 is 9.84 Å². The summed E-state index contributed by atoms with van der Waals surface area (Å²) in [5, 5.41) is 22.1. The van der Waals surface area contributed by atoms with Gasteiger partial charge in [-0.15, -0.1) is 0 Å². The molecule has 6 nitrogen and oxygen atoms in total. The van der Waals surface area contributed by atoms with Gasteiger partial charge in [0.25, 0.3) is 0 Å². The van der Waals surface area contributed by atoms with Crippen molar-refractivity contribution in [1.82, 2.24) is 14.9 Å². The minimum absolute atomic E-state index is 0.0208. The number of rotatable bonds is 5. The van der Waals surface area contributed by atoms with Crippen molar-refractivity contribution in [3.05, 3.63) is 57.8 Å². The van der Waals surface area contributed by atoms with E-state index in [4.69, 9.17) is 28.6 Å². The second-order valence-electron chi connectivity index (χ2n) is 5.05. The van der Waals surface area contributed by atoms with Crippen LogP contribution in [0.1, 0.15) is 12.5 Å². The van der Waals surface area contributed by atoms with Gasteiger partial charge in [-0.2, -0.15) is 14.9 Å². The van der Waals surface area contributed by atoms with Crippen molar-refractivity contribution in [2.45, 2.75) is 6.92 Å². The Hall–Kier alpha value is -2.64. The maximum absolute atomic E-state index is 10.2. The number of ether oxygens (including phenoxy) is 1. The van der Waals surface area contributed by atoms with E-state index in [0.29, 0.717) is 33.5 Å². The molecule has 8 heteroatoms. The molecule has 0 unspecified atom stereocenters. The Balaban J connectivity index is 1.99. The number of halogens is 1. The highest BCUT2D eigenvalue weighted by Crippen LogP contribution is 2.28. The molecule has 0 fully saturated rings. The monoisotopic (exact) mass is 374 g/mol. The molecule has 0 aliphatic rings. The number of aromatic nitrogens is 3. The molecule has 128 valence electrons. The molecule has 0 saturated heterocycles. The molecule has 3 aromatic rings. The average molecular weight is 375 g/mol. The van der Waals surface area contributed by atoms with Crippen LogP contribution < -0.4 is 4.74 Å². The van der Waals surface area contributed by atoms with Gasteiger partial charge < -0.3 is 9.84 Å². The first-order valence-corrected chi connectivity index (χ1v) is 8.31. The molecular formula is C17H15ClN4O2S. The molecule has 1 aromatic heterocycles. The van der Waals surface area contributed by atoms with Crippen LogP contribution in [0.3, 0.4) is 0 Å². The summed E-state index contributed by atoms with van der Waals surface area (Å²) in [4.78, 5) is 0. The van der Waals surface area contributed by atoms with Crippen LogP contribution in [0, 0.1) is 4.77 Å². The Bertz CT molecular complexity index is 981. The smallest absolute Gasteiger partial charge is 0.216 e. The average Bonchev–Trinajstić information content (AvgIpc) is 2.97.